The van der Waals surface area contributed by atoms with E-state index in [1.54, 1.807) is 13.8 Å². The fourth-order valence-corrected chi connectivity index (χ4v) is 4.37. The first-order valence-corrected chi connectivity index (χ1v) is 10.1. The molecule has 0 spiro atoms. The molecule has 1 N–H and O–H groups in total. The zero-order chi connectivity index (χ0) is 20.4. The summed E-state index contributed by atoms with van der Waals surface area (Å²) in [5, 5.41) is 0.467. The number of nitrogens with zero attached hydrogens (tertiary/aromatic N) is 2. The van der Waals surface area contributed by atoms with Gasteiger partial charge in [0.2, 0.25) is 0 Å². The van der Waals surface area contributed by atoms with Gasteiger partial charge >= 0.3 is 5.97 Å². The van der Waals surface area contributed by atoms with E-state index in [0.717, 1.165) is 6.54 Å². The van der Waals surface area contributed by atoms with Gasteiger partial charge in [0.15, 0.2) is 0 Å². The number of hydrogen-bond acceptors (Lipinski definition) is 6. The quantitative estimate of drug-likeness (QED) is 0.640. The van der Waals surface area contributed by atoms with Crippen molar-refractivity contribution in [3.8, 4) is 0 Å². The molecule has 2 heterocycles. The van der Waals surface area contributed by atoms with E-state index in [4.69, 9.17) is 4.74 Å². The number of carbonyl (C=O) groups excluding carboxylic acids is 1. The van der Waals surface area contributed by atoms with Crippen LogP contribution < -0.4 is 5.56 Å². The van der Waals surface area contributed by atoms with Gasteiger partial charge in [0, 0.05) is 6.54 Å². The molecule has 7 heteroatoms. The van der Waals surface area contributed by atoms with Gasteiger partial charge in [0.05, 0.1) is 18.5 Å². The van der Waals surface area contributed by atoms with Crippen LogP contribution >= 0.6 is 11.3 Å². The van der Waals surface area contributed by atoms with Gasteiger partial charge in [0.1, 0.15) is 15.5 Å². The maximum atomic E-state index is 12.6. The summed E-state index contributed by atoms with van der Waals surface area (Å²) in [4.78, 5) is 35.3. The van der Waals surface area contributed by atoms with E-state index in [2.05, 4.69) is 46.9 Å². The van der Waals surface area contributed by atoms with E-state index in [1.807, 2.05) is 7.05 Å². The molecule has 0 saturated carbocycles. The molecule has 1 aromatic carbocycles. The minimum Gasteiger partial charge on any atom is -0.462 e. The number of benzene rings is 1. The van der Waals surface area contributed by atoms with E-state index in [9.17, 15) is 9.59 Å². The molecule has 148 valence electrons. The molecule has 28 heavy (non-hydrogen) atoms. The Morgan fingerprint density at radius 2 is 2.00 bits per heavy atom. The highest BCUT2D eigenvalue weighted by molar-refractivity contribution is 7.20. The average molecular weight is 400 g/mol. The molecule has 0 aliphatic heterocycles. The van der Waals surface area contributed by atoms with Crippen LogP contribution in [-0.2, 0) is 17.8 Å². The monoisotopic (exact) mass is 399 g/mol. The second kappa shape index (κ2) is 8.24. The van der Waals surface area contributed by atoms with Crippen molar-refractivity contribution in [3.05, 3.63) is 61.5 Å². The van der Waals surface area contributed by atoms with Crippen molar-refractivity contribution >= 4 is 27.5 Å². The largest absolute Gasteiger partial charge is 0.462 e. The van der Waals surface area contributed by atoms with Gasteiger partial charge < -0.3 is 9.72 Å². The number of thiophene rings is 1. The maximum Gasteiger partial charge on any atom is 0.348 e. The maximum absolute atomic E-state index is 12.6. The summed E-state index contributed by atoms with van der Waals surface area (Å²) in [7, 11) is 1.99. The SMILES string of the molecule is CCOC(=O)c1sc2nc(CN(C)Cc3ccc(C)cc3C)[nH]c(=O)c2c1C. The van der Waals surface area contributed by atoms with Crippen LogP contribution in [0.25, 0.3) is 10.2 Å². The predicted octanol–water partition coefficient (Wildman–Crippen LogP) is 3.72. The van der Waals surface area contributed by atoms with Crippen molar-refractivity contribution in [1.29, 1.82) is 0 Å². The summed E-state index contributed by atoms with van der Waals surface area (Å²) in [5.41, 5.74) is 4.14. The van der Waals surface area contributed by atoms with Crippen LogP contribution in [0.3, 0.4) is 0 Å². The number of fused-ring (bicyclic) bond motifs is 1. The number of aromatic amines is 1. The van der Waals surface area contributed by atoms with Crippen molar-refractivity contribution in [2.75, 3.05) is 13.7 Å². The third-order valence-corrected chi connectivity index (χ3v) is 5.83. The van der Waals surface area contributed by atoms with Crippen LogP contribution in [0.1, 0.15) is 44.7 Å². The lowest BCUT2D eigenvalue weighted by molar-refractivity contribution is 0.0531. The molecule has 0 saturated heterocycles. The number of hydrogen-bond donors (Lipinski definition) is 1. The Morgan fingerprint density at radius 1 is 1.25 bits per heavy atom. The minimum absolute atomic E-state index is 0.218. The fourth-order valence-electron chi connectivity index (χ4n) is 3.28. The lowest BCUT2D eigenvalue weighted by atomic mass is 10.1. The Morgan fingerprint density at radius 3 is 2.68 bits per heavy atom. The Balaban J connectivity index is 1.85. The summed E-state index contributed by atoms with van der Waals surface area (Å²) in [5.74, 6) is 0.178. The summed E-state index contributed by atoms with van der Waals surface area (Å²) >= 11 is 1.21. The Kier molecular flexibility index (Phi) is 5.96. The first kappa shape index (κ1) is 20.2. The molecular formula is C21H25N3O3S. The normalized spacial score (nSPS) is 11.4. The Labute approximate surface area is 168 Å². The van der Waals surface area contributed by atoms with Gasteiger partial charge in [-0.05, 0) is 51.4 Å². The van der Waals surface area contributed by atoms with Crippen molar-refractivity contribution in [1.82, 2.24) is 14.9 Å². The molecule has 6 nitrogen and oxygen atoms in total. The van der Waals surface area contributed by atoms with Crippen molar-refractivity contribution in [2.24, 2.45) is 0 Å². The predicted molar refractivity (Wildman–Crippen MR) is 112 cm³/mol. The molecule has 0 fully saturated rings. The van der Waals surface area contributed by atoms with Gasteiger partial charge in [-0.2, -0.15) is 0 Å². The zero-order valence-corrected chi connectivity index (χ0v) is 17.7. The van der Waals surface area contributed by atoms with Crippen molar-refractivity contribution in [2.45, 2.75) is 40.8 Å². The third-order valence-electron chi connectivity index (χ3n) is 4.67. The number of H-pyrrole nitrogens is 1. The van der Waals surface area contributed by atoms with Gasteiger partial charge in [0.25, 0.3) is 5.56 Å². The van der Waals surface area contributed by atoms with E-state index in [1.165, 1.54) is 28.0 Å². The molecule has 3 rings (SSSR count). The number of rotatable bonds is 6. The number of ether oxygens (including phenoxy) is 1. The molecule has 0 aliphatic rings. The van der Waals surface area contributed by atoms with Crippen molar-refractivity contribution < 1.29 is 9.53 Å². The van der Waals surface area contributed by atoms with Crippen LogP contribution in [0.2, 0.25) is 0 Å². The van der Waals surface area contributed by atoms with Gasteiger partial charge in [-0.15, -0.1) is 11.3 Å². The molecule has 0 atom stereocenters. The molecule has 0 aliphatic carbocycles. The molecule has 0 amide bonds. The fraction of sp³-hybridized carbons (Fsp3) is 0.381. The van der Waals surface area contributed by atoms with E-state index < -0.39 is 5.97 Å². The summed E-state index contributed by atoms with van der Waals surface area (Å²) in [6, 6.07) is 6.41. The van der Waals surface area contributed by atoms with Crippen LogP contribution in [0.5, 0.6) is 0 Å². The lowest BCUT2D eigenvalue weighted by Gasteiger charge is -2.17. The number of nitrogens with one attached hydrogen (secondary N) is 1. The van der Waals surface area contributed by atoms with Gasteiger partial charge in [-0.1, -0.05) is 23.8 Å². The summed E-state index contributed by atoms with van der Waals surface area (Å²) < 4.78 is 5.08. The molecule has 2 aromatic heterocycles. The third kappa shape index (κ3) is 4.15. The molecule has 0 unspecified atom stereocenters. The molecular weight excluding hydrogens is 374 g/mol. The topological polar surface area (TPSA) is 75.3 Å². The molecule has 3 aromatic rings. The van der Waals surface area contributed by atoms with E-state index in [-0.39, 0.29) is 5.56 Å². The number of aromatic nitrogens is 2. The van der Waals surface area contributed by atoms with Crippen LogP contribution in [0.4, 0.5) is 0 Å². The smallest absolute Gasteiger partial charge is 0.348 e. The van der Waals surface area contributed by atoms with Crippen LogP contribution in [0, 0.1) is 20.8 Å². The number of esters is 1. The summed E-state index contributed by atoms with van der Waals surface area (Å²) in [6.45, 7) is 9.26. The van der Waals surface area contributed by atoms with Gasteiger partial charge in [-0.3, -0.25) is 9.69 Å². The number of aryl methyl sites for hydroxylation is 3. The van der Waals surface area contributed by atoms with E-state index >= 15 is 0 Å². The second-order valence-corrected chi connectivity index (χ2v) is 8.07. The first-order valence-electron chi connectivity index (χ1n) is 9.24. The first-order chi connectivity index (χ1) is 13.3. The standard InChI is InChI=1S/C21H25N3O3S/c1-6-27-21(26)18-14(4)17-19(25)22-16(23-20(17)28-18)11-24(5)10-15-8-7-12(2)9-13(15)3/h7-9H,6,10-11H2,1-5H3,(H,22,23,25). The van der Waals surface area contributed by atoms with Gasteiger partial charge in [-0.25, -0.2) is 9.78 Å². The van der Waals surface area contributed by atoms with Crippen molar-refractivity contribution in [3.63, 3.8) is 0 Å². The second-order valence-electron chi connectivity index (χ2n) is 7.07. The highest BCUT2D eigenvalue weighted by Gasteiger charge is 2.20. The van der Waals surface area contributed by atoms with Crippen LogP contribution in [0.15, 0.2) is 23.0 Å². The molecule has 0 bridgehead atoms. The minimum atomic E-state index is -0.407. The van der Waals surface area contributed by atoms with Crippen LogP contribution in [-0.4, -0.2) is 34.5 Å². The van der Waals surface area contributed by atoms with E-state index in [0.29, 0.717) is 39.6 Å². The highest BCUT2D eigenvalue weighted by atomic mass is 32.1. The Hall–Kier alpha value is -2.51. The molecule has 0 radical (unpaired) electrons. The lowest BCUT2D eigenvalue weighted by Crippen LogP contribution is -2.22. The zero-order valence-electron chi connectivity index (χ0n) is 16.9. The number of carbonyl (C=O) groups is 1. The summed E-state index contributed by atoms with van der Waals surface area (Å²) in [6.07, 6.45) is 0. The Bertz CT molecular complexity index is 1080. The average Bonchev–Trinajstić information content (AvgIpc) is 2.94. The highest BCUT2D eigenvalue weighted by Crippen LogP contribution is 2.27.